The zero-order chi connectivity index (χ0) is 10.1. The van der Waals surface area contributed by atoms with Gasteiger partial charge in [-0.05, 0) is 24.4 Å². The molecule has 0 fully saturated rings. The van der Waals surface area contributed by atoms with Gasteiger partial charge in [-0.25, -0.2) is 0 Å². The average molecular weight is 205 g/mol. The predicted octanol–water partition coefficient (Wildman–Crippen LogP) is 2.41. The number of aryl methyl sites for hydroxylation is 1. The topological polar surface area (TPSA) is 22.0 Å². The van der Waals surface area contributed by atoms with E-state index in [9.17, 15) is 4.79 Å². The molecule has 0 atom stereocenters. The average Bonchev–Trinajstić information content (AvgIpc) is 2.43. The van der Waals surface area contributed by atoms with Gasteiger partial charge in [0.25, 0.3) is 0 Å². The number of benzene rings is 1. The summed E-state index contributed by atoms with van der Waals surface area (Å²) in [6.07, 6.45) is 0. The largest absolute Gasteiger partial charge is 0.337 e. The Morgan fingerprint density at radius 1 is 1.43 bits per heavy atom. The van der Waals surface area contributed by atoms with E-state index in [0.717, 1.165) is 11.2 Å². The second-order valence-electron chi connectivity index (χ2n) is 3.32. The lowest BCUT2D eigenvalue weighted by Gasteiger charge is -2.03. The van der Waals surface area contributed by atoms with E-state index in [-0.39, 0.29) is 5.12 Å². The van der Waals surface area contributed by atoms with Crippen molar-refractivity contribution in [1.29, 1.82) is 0 Å². The van der Waals surface area contributed by atoms with Crippen LogP contribution in [0.25, 0.3) is 10.9 Å². The Kier molecular flexibility index (Phi) is 2.33. The van der Waals surface area contributed by atoms with Gasteiger partial charge in [0, 0.05) is 11.2 Å². The number of carbonyl (C=O) groups is 1. The summed E-state index contributed by atoms with van der Waals surface area (Å²) in [5, 5.41) is 1.05. The normalized spacial score (nSPS) is 10.7. The summed E-state index contributed by atoms with van der Waals surface area (Å²) in [5.41, 5.74) is 2.18. The summed E-state index contributed by atoms with van der Waals surface area (Å²) < 4.78 is 1.98. The highest BCUT2D eigenvalue weighted by Gasteiger charge is 2.06. The van der Waals surface area contributed by atoms with Gasteiger partial charge in [-0.15, -0.1) is 12.6 Å². The number of nitrogens with zero attached hydrogens (tertiary/aromatic N) is 1. The number of carbonyl (C=O) groups excluding carboxylic acids is 1. The van der Waals surface area contributed by atoms with Crippen molar-refractivity contribution in [2.45, 2.75) is 13.5 Å². The Labute approximate surface area is 87.9 Å². The van der Waals surface area contributed by atoms with Crippen molar-refractivity contribution < 1.29 is 4.79 Å². The van der Waals surface area contributed by atoms with Gasteiger partial charge in [0.05, 0.1) is 6.54 Å². The number of thiol groups is 1. The van der Waals surface area contributed by atoms with Gasteiger partial charge in [0.1, 0.15) is 0 Å². The molecule has 0 spiro atoms. The SMILES string of the molecule is Cc1cc2ccccc2n1CC(=O)S. The Morgan fingerprint density at radius 2 is 2.14 bits per heavy atom. The van der Waals surface area contributed by atoms with Crippen LogP contribution in [0.5, 0.6) is 0 Å². The van der Waals surface area contributed by atoms with Crippen molar-refractivity contribution in [1.82, 2.24) is 4.57 Å². The Morgan fingerprint density at radius 3 is 2.86 bits per heavy atom. The second-order valence-corrected chi connectivity index (χ2v) is 3.82. The molecule has 0 amide bonds. The molecule has 0 saturated heterocycles. The highest BCUT2D eigenvalue weighted by molar-refractivity contribution is 7.96. The first-order chi connectivity index (χ1) is 6.68. The van der Waals surface area contributed by atoms with Crippen LogP contribution in [-0.4, -0.2) is 9.68 Å². The third-order valence-electron chi connectivity index (χ3n) is 2.31. The van der Waals surface area contributed by atoms with Gasteiger partial charge in [0.2, 0.25) is 5.12 Å². The molecule has 1 aromatic carbocycles. The number of para-hydroxylation sites is 1. The predicted molar refractivity (Wildman–Crippen MR) is 60.7 cm³/mol. The van der Waals surface area contributed by atoms with Crippen molar-refractivity contribution in [3.8, 4) is 0 Å². The Bertz CT molecular complexity index is 487. The molecule has 0 aliphatic rings. The van der Waals surface area contributed by atoms with E-state index >= 15 is 0 Å². The molecule has 3 heteroatoms. The standard InChI is InChI=1S/C11H11NOS/c1-8-6-9-4-2-3-5-10(9)12(8)7-11(13)14/h2-6H,7H2,1H3,(H,13,14). The van der Waals surface area contributed by atoms with E-state index in [0.29, 0.717) is 6.54 Å². The van der Waals surface area contributed by atoms with Crippen LogP contribution < -0.4 is 0 Å². The number of aromatic nitrogens is 1. The van der Waals surface area contributed by atoms with Crippen LogP contribution in [0.1, 0.15) is 5.69 Å². The maximum absolute atomic E-state index is 11.0. The number of rotatable bonds is 2. The second kappa shape index (κ2) is 3.50. The highest BCUT2D eigenvalue weighted by atomic mass is 32.1. The van der Waals surface area contributed by atoms with Gasteiger partial charge in [-0.2, -0.15) is 0 Å². The van der Waals surface area contributed by atoms with Crippen LogP contribution in [0.4, 0.5) is 0 Å². The minimum absolute atomic E-state index is 0.116. The number of hydrogen-bond acceptors (Lipinski definition) is 1. The van der Waals surface area contributed by atoms with E-state index in [1.807, 2.05) is 35.8 Å². The van der Waals surface area contributed by atoms with E-state index in [1.54, 1.807) is 0 Å². The minimum atomic E-state index is -0.116. The summed E-state index contributed by atoms with van der Waals surface area (Å²) in [7, 11) is 0. The molecule has 0 aliphatic carbocycles. The van der Waals surface area contributed by atoms with E-state index in [2.05, 4.69) is 18.7 Å². The zero-order valence-electron chi connectivity index (χ0n) is 7.90. The fourth-order valence-electron chi connectivity index (χ4n) is 1.69. The van der Waals surface area contributed by atoms with Crippen LogP contribution in [0.15, 0.2) is 30.3 Å². The van der Waals surface area contributed by atoms with Crippen molar-refractivity contribution in [3.05, 3.63) is 36.0 Å². The first kappa shape index (κ1) is 9.34. The van der Waals surface area contributed by atoms with Gasteiger partial charge >= 0.3 is 0 Å². The molecule has 0 bridgehead atoms. The molecule has 2 nitrogen and oxygen atoms in total. The summed E-state index contributed by atoms with van der Waals surface area (Å²) in [5.74, 6) is 0. The van der Waals surface area contributed by atoms with Gasteiger partial charge in [-0.1, -0.05) is 18.2 Å². The molecular weight excluding hydrogens is 194 g/mol. The monoisotopic (exact) mass is 205 g/mol. The van der Waals surface area contributed by atoms with Crippen LogP contribution in [0.3, 0.4) is 0 Å². The van der Waals surface area contributed by atoms with Crippen molar-refractivity contribution >= 4 is 28.6 Å². The molecule has 1 heterocycles. The lowest BCUT2D eigenvalue weighted by Crippen LogP contribution is -2.05. The molecule has 1 aromatic heterocycles. The molecule has 0 N–H and O–H groups in total. The summed E-state index contributed by atoms with van der Waals surface area (Å²) in [4.78, 5) is 11.0. The molecule has 0 unspecified atom stereocenters. The first-order valence-corrected chi connectivity index (χ1v) is 4.90. The minimum Gasteiger partial charge on any atom is -0.337 e. The number of fused-ring (bicyclic) bond motifs is 1. The lowest BCUT2D eigenvalue weighted by atomic mass is 10.2. The van der Waals surface area contributed by atoms with Gasteiger partial charge in [-0.3, -0.25) is 4.79 Å². The molecule has 0 radical (unpaired) electrons. The fourth-order valence-corrected chi connectivity index (χ4v) is 1.83. The van der Waals surface area contributed by atoms with Crippen LogP contribution >= 0.6 is 12.6 Å². The highest BCUT2D eigenvalue weighted by Crippen LogP contribution is 2.19. The maximum atomic E-state index is 11.0. The van der Waals surface area contributed by atoms with Crippen LogP contribution in [0.2, 0.25) is 0 Å². The molecule has 14 heavy (non-hydrogen) atoms. The Balaban J connectivity index is 2.62. The number of hydrogen-bond donors (Lipinski definition) is 1. The molecule has 2 aromatic rings. The third-order valence-corrected chi connectivity index (χ3v) is 2.45. The summed E-state index contributed by atoms with van der Waals surface area (Å²) in [6.45, 7) is 2.33. The fraction of sp³-hybridized carbons (Fsp3) is 0.182. The van der Waals surface area contributed by atoms with E-state index in [4.69, 9.17) is 0 Å². The van der Waals surface area contributed by atoms with Crippen LogP contribution in [0, 0.1) is 6.92 Å². The maximum Gasteiger partial charge on any atom is 0.205 e. The van der Waals surface area contributed by atoms with Crippen molar-refractivity contribution in [3.63, 3.8) is 0 Å². The smallest absolute Gasteiger partial charge is 0.205 e. The molecule has 0 saturated carbocycles. The quantitative estimate of drug-likeness (QED) is 0.747. The molecule has 0 aliphatic heterocycles. The molecule has 72 valence electrons. The summed E-state index contributed by atoms with van der Waals surface area (Å²) in [6, 6.07) is 10.1. The van der Waals surface area contributed by atoms with E-state index in [1.165, 1.54) is 5.39 Å². The molecular formula is C11H11NOS. The van der Waals surface area contributed by atoms with E-state index < -0.39 is 0 Å². The Hall–Kier alpha value is -1.22. The van der Waals surface area contributed by atoms with Crippen molar-refractivity contribution in [2.75, 3.05) is 0 Å². The first-order valence-electron chi connectivity index (χ1n) is 4.45. The van der Waals surface area contributed by atoms with Crippen molar-refractivity contribution in [2.24, 2.45) is 0 Å². The zero-order valence-corrected chi connectivity index (χ0v) is 8.79. The lowest BCUT2D eigenvalue weighted by molar-refractivity contribution is -0.111. The van der Waals surface area contributed by atoms with Crippen LogP contribution in [-0.2, 0) is 11.3 Å². The van der Waals surface area contributed by atoms with Gasteiger partial charge in [0.15, 0.2) is 0 Å². The molecule has 2 rings (SSSR count). The third kappa shape index (κ3) is 1.55. The summed E-state index contributed by atoms with van der Waals surface area (Å²) >= 11 is 3.80. The van der Waals surface area contributed by atoms with Gasteiger partial charge < -0.3 is 4.57 Å².